The number of carbonyl (C=O) groups excluding carboxylic acids is 1. The molecule has 0 radical (unpaired) electrons. The van der Waals surface area contributed by atoms with E-state index in [1.165, 1.54) is 6.42 Å². The van der Waals surface area contributed by atoms with E-state index in [9.17, 15) is 4.79 Å². The molecule has 1 aromatic heterocycles. The first-order chi connectivity index (χ1) is 11.5. The summed E-state index contributed by atoms with van der Waals surface area (Å²) in [6, 6.07) is 7.38. The van der Waals surface area contributed by atoms with E-state index >= 15 is 0 Å². The van der Waals surface area contributed by atoms with Crippen molar-refractivity contribution >= 4 is 33.5 Å². The number of nitrogens with one attached hydrogen (secondary N) is 1. The zero-order valence-electron chi connectivity index (χ0n) is 13.9. The van der Waals surface area contributed by atoms with Gasteiger partial charge in [0.2, 0.25) is 5.95 Å². The number of carbonyl (C=O) groups is 1. The minimum absolute atomic E-state index is 0.223. The molecule has 1 saturated heterocycles. The van der Waals surface area contributed by atoms with Crippen LogP contribution in [0.4, 0.5) is 11.6 Å². The molecule has 0 bridgehead atoms. The maximum atomic E-state index is 12.5. The van der Waals surface area contributed by atoms with Gasteiger partial charge in [-0.3, -0.25) is 4.79 Å². The Morgan fingerprint density at radius 2 is 2.21 bits per heavy atom. The fourth-order valence-corrected chi connectivity index (χ4v) is 3.24. The summed E-state index contributed by atoms with van der Waals surface area (Å²) in [6.07, 6.45) is 4.03. The second-order valence-electron chi connectivity index (χ2n) is 6.35. The molecule has 1 unspecified atom stereocenters. The molecule has 1 amide bonds. The van der Waals surface area contributed by atoms with E-state index in [0.29, 0.717) is 17.6 Å². The van der Waals surface area contributed by atoms with Gasteiger partial charge in [-0.1, -0.05) is 28.9 Å². The van der Waals surface area contributed by atoms with Gasteiger partial charge in [0.25, 0.3) is 5.91 Å². The number of amides is 1. The summed E-state index contributed by atoms with van der Waals surface area (Å²) in [7, 11) is 0. The predicted octanol–water partition coefficient (Wildman–Crippen LogP) is 4.04. The number of hydrogen-bond acceptors (Lipinski definition) is 4. The van der Waals surface area contributed by atoms with Crippen molar-refractivity contribution in [2.24, 2.45) is 5.92 Å². The summed E-state index contributed by atoms with van der Waals surface area (Å²) in [5.74, 6) is 1.04. The normalized spacial score (nSPS) is 17.6. The van der Waals surface area contributed by atoms with Gasteiger partial charge in [-0.15, -0.1) is 0 Å². The molecule has 1 aliphatic rings. The van der Waals surface area contributed by atoms with E-state index < -0.39 is 0 Å². The number of anilines is 2. The summed E-state index contributed by atoms with van der Waals surface area (Å²) in [5.41, 5.74) is 2.25. The minimum Gasteiger partial charge on any atom is -0.341 e. The second kappa shape index (κ2) is 7.30. The molecule has 3 rings (SSSR count). The van der Waals surface area contributed by atoms with Gasteiger partial charge in [0.15, 0.2) is 0 Å². The van der Waals surface area contributed by atoms with Crippen molar-refractivity contribution in [2.45, 2.75) is 26.7 Å². The fourth-order valence-electron chi connectivity index (χ4n) is 2.86. The van der Waals surface area contributed by atoms with Crippen LogP contribution >= 0.6 is 15.9 Å². The van der Waals surface area contributed by atoms with E-state index in [0.717, 1.165) is 35.2 Å². The maximum absolute atomic E-state index is 12.5. The maximum Gasteiger partial charge on any atom is 0.274 e. The lowest BCUT2D eigenvalue weighted by atomic mass is 10.0. The Hall–Kier alpha value is -1.95. The van der Waals surface area contributed by atoms with E-state index in [4.69, 9.17) is 0 Å². The largest absolute Gasteiger partial charge is 0.341 e. The highest BCUT2D eigenvalue weighted by molar-refractivity contribution is 9.10. The first-order valence-electron chi connectivity index (χ1n) is 8.18. The number of nitrogens with zero attached hydrogens (tertiary/aromatic N) is 3. The Kier molecular flexibility index (Phi) is 5.14. The molecular weight excluding hydrogens is 368 g/mol. The zero-order valence-corrected chi connectivity index (χ0v) is 15.5. The molecule has 2 heterocycles. The van der Waals surface area contributed by atoms with Crippen LogP contribution in [0.2, 0.25) is 0 Å². The lowest BCUT2D eigenvalue weighted by molar-refractivity contribution is 0.102. The standard InChI is InChI=1S/C18H21BrN4O/c1-12-4-3-9-23(11-12)18-20-8-7-16(22-18)17(24)21-14-6-5-13(2)15(19)10-14/h5-8,10,12H,3-4,9,11H2,1-2H3,(H,21,24). The predicted molar refractivity (Wildman–Crippen MR) is 99.5 cm³/mol. The molecule has 126 valence electrons. The van der Waals surface area contributed by atoms with Crippen LogP contribution in [-0.4, -0.2) is 29.0 Å². The third-order valence-electron chi connectivity index (χ3n) is 4.25. The summed E-state index contributed by atoms with van der Waals surface area (Å²) in [6.45, 7) is 6.13. The molecule has 1 aliphatic heterocycles. The average Bonchev–Trinajstić information content (AvgIpc) is 2.58. The number of rotatable bonds is 3. The number of aromatic nitrogens is 2. The van der Waals surface area contributed by atoms with E-state index in [-0.39, 0.29) is 5.91 Å². The van der Waals surface area contributed by atoms with Crippen LogP contribution in [0.3, 0.4) is 0 Å². The van der Waals surface area contributed by atoms with Crippen molar-refractivity contribution in [3.63, 3.8) is 0 Å². The number of benzene rings is 1. The lowest BCUT2D eigenvalue weighted by Gasteiger charge is -2.30. The topological polar surface area (TPSA) is 58.1 Å². The van der Waals surface area contributed by atoms with Crippen molar-refractivity contribution in [3.05, 3.63) is 46.2 Å². The molecule has 6 heteroatoms. The van der Waals surface area contributed by atoms with Gasteiger partial charge in [-0.25, -0.2) is 9.97 Å². The van der Waals surface area contributed by atoms with Gasteiger partial charge in [-0.2, -0.15) is 0 Å². The first kappa shape index (κ1) is 16.9. The smallest absolute Gasteiger partial charge is 0.274 e. The second-order valence-corrected chi connectivity index (χ2v) is 7.21. The Morgan fingerprint density at radius 1 is 1.38 bits per heavy atom. The molecule has 2 aromatic rings. The van der Waals surface area contributed by atoms with E-state index in [1.54, 1.807) is 12.3 Å². The number of hydrogen-bond donors (Lipinski definition) is 1. The fraction of sp³-hybridized carbons (Fsp3) is 0.389. The van der Waals surface area contributed by atoms with Crippen molar-refractivity contribution in [1.82, 2.24) is 9.97 Å². The summed E-state index contributed by atoms with van der Waals surface area (Å²) < 4.78 is 0.964. The number of halogens is 1. The third kappa shape index (κ3) is 3.93. The molecule has 0 spiro atoms. The van der Waals surface area contributed by atoms with Gasteiger partial charge in [0, 0.05) is 29.4 Å². The Balaban J connectivity index is 1.75. The van der Waals surface area contributed by atoms with Crippen molar-refractivity contribution in [1.29, 1.82) is 0 Å². The highest BCUT2D eigenvalue weighted by Gasteiger charge is 2.19. The van der Waals surface area contributed by atoms with Crippen molar-refractivity contribution in [2.75, 3.05) is 23.3 Å². The summed E-state index contributed by atoms with van der Waals surface area (Å²) in [5, 5.41) is 2.89. The van der Waals surface area contributed by atoms with Crippen LogP contribution in [0.25, 0.3) is 0 Å². The Labute approximate surface area is 150 Å². The molecule has 0 saturated carbocycles. The van der Waals surface area contributed by atoms with Gasteiger partial charge in [-0.05, 0) is 49.4 Å². The van der Waals surface area contributed by atoms with Crippen LogP contribution in [0.1, 0.15) is 35.8 Å². The van der Waals surface area contributed by atoms with Crippen LogP contribution in [0.15, 0.2) is 34.9 Å². The van der Waals surface area contributed by atoms with Crippen LogP contribution in [0, 0.1) is 12.8 Å². The zero-order chi connectivity index (χ0) is 17.1. The minimum atomic E-state index is -0.223. The highest BCUT2D eigenvalue weighted by atomic mass is 79.9. The first-order valence-corrected chi connectivity index (χ1v) is 8.98. The van der Waals surface area contributed by atoms with Gasteiger partial charge < -0.3 is 10.2 Å². The van der Waals surface area contributed by atoms with Crippen molar-refractivity contribution in [3.8, 4) is 0 Å². The summed E-state index contributed by atoms with van der Waals surface area (Å²) in [4.78, 5) is 23.4. The van der Waals surface area contributed by atoms with E-state index in [1.807, 2.05) is 25.1 Å². The summed E-state index contributed by atoms with van der Waals surface area (Å²) >= 11 is 3.48. The van der Waals surface area contributed by atoms with Crippen LogP contribution in [0.5, 0.6) is 0 Å². The Morgan fingerprint density at radius 3 is 2.96 bits per heavy atom. The number of aryl methyl sites for hydroxylation is 1. The molecule has 1 aromatic carbocycles. The van der Waals surface area contributed by atoms with Gasteiger partial charge >= 0.3 is 0 Å². The molecule has 1 N–H and O–H groups in total. The van der Waals surface area contributed by atoms with Gasteiger partial charge in [0.1, 0.15) is 5.69 Å². The highest BCUT2D eigenvalue weighted by Crippen LogP contribution is 2.22. The monoisotopic (exact) mass is 388 g/mol. The SMILES string of the molecule is Cc1ccc(NC(=O)c2ccnc(N3CCCC(C)C3)n2)cc1Br. The molecule has 0 aliphatic carbocycles. The molecule has 5 nitrogen and oxygen atoms in total. The van der Waals surface area contributed by atoms with Crippen molar-refractivity contribution < 1.29 is 4.79 Å². The molecule has 1 fully saturated rings. The Bertz CT molecular complexity index is 750. The molecular formula is C18H21BrN4O. The lowest BCUT2D eigenvalue weighted by Crippen LogP contribution is -2.35. The van der Waals surface area contributed by atoms with Crippen LogP contribution in [-0.2, 0) is 0 Å². The quantitative estimate of drug-likeness (QED) is 0.861. The van der Waals surface area contributed by atoms with Gasteiger partial charge in [0.05, 0.1) is 0 Å². The third-order valence-corrected chi connectivity index (χ3v) is 5.10. The number of piperidine rings is 1. The molecule has 1 atom stereocenters. The van der Waals surface area contributed by atoms with E-state index in [2.05, 4.69) is 43.0 Å². The molecule has 24 heavy (non-hydrogen) atoms. The average molecular weight is 389 g/mol. The van der Waals surface area contributed by atoms with Crippen LogP contribution < -0.4 is 10.2 Å².